The van der Waals surface area contributed by atoms with Crippen LogP contribution in [0.2, 0.25) is 0 Å². The summed E-state index contributed by atoms with van der Waals surface area (Å²) in [5.74, 6) is -2.80. The molecule has 0 unspecified atom stereocenters. The molecule has 0 bridgehead atoms. The smallest absolute Gasteiger partial charge is 0.475 e. The van der Waals surface area contributed by atoms with Crippen molar-refractivity contribution in [3.8, 4) is 0 Å². The number of nitrogens with one attached hydrogen (secondary N) is 2. The fraction of sp³-hybridized carbons (Fsp3) is 0.250. The van der Waals surface area contributed by atoms with Crippen molar-refractivity contribution >= 4 is 23.5 Å². The quantitative estimate of drug-likeness (QED) is 0.402. The predicted octanol–water partition coefficient (Wildman–Crippen LogP) is 5.27. The van der Waals surface area contributed by atoms with Crippen LogP contribution >= 0.6 is 0 Å². The molecular weight excluding hydrogens is 485 g/mol. The summed E-state index contributed by atoms with van der Waals surface area (Å²) >= 11 is 0. The first-order chi connectivity index (χ1) is 17.5. The molecule has 4 rings (SSSR count). The zero-order valence-corrected chi connectivity index (χ0v) is 20.1. The van der Waals surface area contributed by atoms with E-state index in [0.29, 0.717) is 12.1 Å². The molecule has 194 valence electrons. The molecule has 1 fully saturated rings. The van der Waals surface area contributed by atoms with Crippen molar-refractivity contribution in [3.63, 3.8) is 0 Å². The zero-order valence-electron chi connectivity index (χ0n) is 20.1. The largest absolute Gasteiger partial charge is 0.490 e. The minimum atomic E-state index is -5.08. The average Bonchev–Trinajstić information content (AvgIpc) is 3.67. The standard InChI is InChI=1S/C26H26N2O2.C2HF3O2/c1-19-6-5-9-21(18-19)24(29)28-23-12-10-22(11-13-23)26(15-16-26)25(30)27-17-14-20-7-3-2-4-8-20;3-2(4,5)1(6)7/h2-13,18H,14-17H2,1H3,(H,27,30)(H,28,29);(H,6,7). The van der Waals surface area contributed by atoms with Crippen molar-refractivity contribution in [1.82, 2.24) is 5.32 Å². The summed E-state index contributed by atoms with van der Waals surface area (Å²) in [6.07, 6.45) is -2.54. The summed E-state index contributed by atoms with van der Waals surface area (Å²) in [6, 6.07) is 25.3. The summed E-state index contributed by atoms with van der Waals surface area (Å²) < 4.78 is 31.7. The van der Waals surface area contributed by atoms with Gasteiger partial charge in [-0.25, -0.2) is 4.79 Å². The van der Waals surface area contributed by atoms with Gasteiger partial charge in [0.1, 0.15) is 0 Å². The average molecular weight is 513 g/mol. The van der Waals surface area contributed by atoms with E-state index in [1.165, 1.54) is 5.56 Å². The molecule has 1 aliphatic carbocycles. The number of benzene rings is 3. The summed E-state index contributed by atoms with van der Waals surface area (Å²) in [5, 5.41) is 13.1. The SMILES string of the molecule is Cc1cccc(C(=O)Nc2ccc(C3(C(=O)NCCc4ccccc4)CC3)cc2)c1.O=C(O)C(F)(F)F. The van der Waals surface area contributed by atoms with Crippen LogP contribution in [-0.2, 0) is 21.4 Å². The number of hydrogen-bond acceptors (Lipinski definition) is 3. The van der Waals surface area contributed by atoms with Gasteiger partial charge in [0.05, 0.1) is 5.41 Å². The van der Waals surface area contributed by atoms with Gasteiger partial charge in [-0.1, -0.05) is 60.2 Å². The monoisotopic (exact) mass is 512 g/mol. The van der Waals surface area contributed by atoms with Gasteiger partial charge in [-0.2, -0.15) is 13.2 Å². The van der Waals surface area contributed by atoms with Crippen LogP contribution < -0.4 is 10.6 Å². The van der Waals surface area contributed by atoms with Gasteiger partial charge in [0.15, 0.2) is 0 Å². The summed E-state index contributed by atoms with van der Waals surface area (Å²) in [4.78, 5) is 34.1. The van der Waals surface area contributed by atoms with Crippen LogP contribution in [0.15, 0.2) is 78.9 Å². The van der Waals surface area contributed by atoms with Gasteiger partial charge in [0.2, 0.25) is 5.91 Å². The number of carboxylic acids is 1. The molecule has 37 heavy (non-hydrogen) atoms. The number of carbonyl (C=O) groups excluding carboxylic acids is 2. The van der Waals surface area contributed by atoms with Gasteiger partial charge < -0.3 is 15.7 Å². The van der Waals surface area contributed by atoms with E-state index >= 15 is 0 Å². The first kappa shape index (κ1) is 27.4. The molecule has 3 aromatic carbocycles. The van der Waals surface area contributed by atoms with E-state index in [0.717, 1.165) is 36.1 Å². The molecule has 0 aliphatic heterocycles. The summed E-state index contributed by atoms with van der Waals surface area (Å²) in [5.41, 5.74) is 4.22. The fourth-order valence-corrected chi connectivity index (χ4v) is 3.77. The molecule has 3 N–H and O–H groups in total. The van der Waals surface area contributed by atoms with Crippen LogP contribution in [0, 0.1) is 6.92 Å². The topological polar surface area (TPSA) is 95.5 Å². The Kier molecular flexibility index (Phi) is 8.70. The molecule has 2 amide bonds. The number of halogens is 3. The lowest BCUT2D eigenvalue weighted by Crippen LogP contribution is -2.35. The number of carbonyl (C=O) groups is 3. The highest BCUT2D eigenvalue weighted by molar-refractivity contribution is 6.04. The first-order valence-electron chi connectivity index (χ1n) is 11.6. The third kappa shape index (κ3) is 7.67. The van der Waals surface area contributed by atoms with Gasteiger partial charge >= 0.3 is 12.1 Å². The Balaban J connectivity index is 0.000000479. The van der Waals surface area contributed by atoms with E-state index < -0.39 is 17.6 Å². The van der Waals surface area contributed by atoms with Crippen molar-refractivity contribution in [2.75, 3.05) is 11.9 Å². The molecule has 1 aliphatic rings. The minimum absolute atomic E-state index is 0.0926. The molecular formula is C28H27F3N2O4. The van der Waals surface area contributed by atoms with Crippen molar-refractivity contribution in [3.05, 3.63) is 101 Å². The summed E-state index contributed by atoms with van der Waals surface area (Å²) in [6.45, 7) is 2.60. The molecule has 0 atom stereocenters. The van der Waals surface area contributed by atoms with E-state index in [1.54, 1.807) is 6.07 Å². The number of rotatable bonds is 7. The van der Waals surface area contributed by atoms with Crippen LogP contribution in [0.1, 0.15) is 39.9 Å². The van der Waals surface area contributed by atoms with Crippen LogP contribution in [0.25, 0.3) is 0 Å². The normalized spacial score (nSPS) is 13.5. The minimum Gasteiger partial charge on any atom is -0.475 e. The second kappa shape index (κ2) is 11.7. The second-order valence-electron chi connectivity index (χ2n) is 8.78. The number of carboxylic acid groups (broad SMARTS) is 1. The van der Waals surface area contributed by atoms with Crippen LogP contribution in [0.3, 0.4) is 0 Å². The number of aliphatic carboxylic acids is 1. The Hall–Kier alpha value is -4.14. The van der Waals surface area contributed by atoms with Gasteiger partial charge in [-0.15, -0.1) is 0 Å². The van der Waals surface area contributed by atoms with E-state index in [9.17, 15) is 22.8 Å². The molecule has 1 saturated carbocycles. The molecule has 6 nitrogen and oxygen atoms in total. The lowest BCUT2D eigenvalue weighted by atomic mass is 9.94. The maximum atomic E-state index is 12.8. The lowest BCUT2D eigenvalue weighted by Gasteiger charge is -2.16. The second-order valence-corrected chi connectivity index (χ2v) is 8.78. The third-order valence-corrected chi connectivity index (χ3v) is 5.94. The van der Waals surface area contributed by atoms with Crippen molar-refractivity contribution in [2.24, 2.45) is 0 Å². The highest BCUT2D eigenvalue weighted by atomic mass is 19.4. The number of alkyl halides is 3. The van der Waals surface area contributed by atoms with Crippen LogP contribution in [0.4, 0.5) is 18.9 Å². The van der Waals surface area contributed by atoms with Gasteiger partial charge in [0, 0.05) is 17.8 Å². The van der Waals surface area contributed by atoms with Gasteiger partial charge in [-0.05, 0) is 61.6 Å². The lowest BCUT2D eigenvalue weighted by molar-refractivity contribution is -0.192. The Morgan fingerprint density at radius 1 is 0.919 bits per heavy atom. The van der Waals surface area contributed by atoms with E-state index in [1.807, 2.05) is 67.6 Å². The zero-order chi connectivity index (χ0) is 27.1. The highest BCUT2D eigenvalue weighted by Crippen LogP contribution is 2.48. The molecule has 3 aromatic rings. The highest BCUT2D eigenvalue weighted by Gasteiger charge is 2.51. The van der Waals surface area contributed by atoms with Gasteiger partial charge in [-0.3, -0.25) is 9.59 Å². The van der Waals surface area contributed by atoms with Gasteiger partial charge in [0.25, 0.3) is 5.91 Å². The Morgan fingerprint density at radius 2 is 1.54 bits per heavy atom. The Bertz CT molecular complexity index is 1240. The Morgan fingerprint density at radius 3 is 2.08 bits per heavy atom. The fourth-order valence-electron chi connectivity index (χ4n) is 3.77. The van der Waals surface area contributed by atoms with E-state index in [4.69, 9.17) is 9.90 Å². The molecule has 0 aromatic heterocycles. The van der Waals surface area contributed by atoms with Crippen LogP contribution in [0.5, 0.6) is 0 Å². The summed E-state index contributed by atoms with van der Waals surface area (Å²) in [7, 11) is 0. The number of anilines is 1. The molecule has 0 spiro atoms. The number of hydrogen-bond donors (Lipinski definition) is 3. The maximum absolute atomic E-state index is 12.8. The van der Waals surface area contributed by atoms with Crippen molar-refractivity contribution in [2.45, 2.75) is 37.8 Å². The Labute approximate surface area is 212 Å². The third-order valence-electron chi connectivity index (χ3n) is 5.94. The van der Waals surface area contributed by atoms with Crippen molar-refractivity contribution < 1.29 is 32.7 Å². The van der Waals surface area contributed by atoms with Crippen LogP contribution in [-0.4, -0.2) is 35.6 Å². The number of aryl methyl sites for hydroxylation is 1. The van der Waals surface area contributed by atoms with E-state index in [2.05, 4.69) is 22.8 Å². The molecule has 0 radical (unpaired) electrons. The molecule has 9 heteroatoms. The molecule has 0 saturated heterocycles. The predicted molar refractivity (Wildman–Crippen MR) is 133 cm³/mol. The van der Waals surface area contributed by atoms with Crippen molar-refractivity contribution in [1.29, 1.82) is 0 Å². The molecule has 0 heterocycles. The number of amides is 2. The van der Waals surface area contributed by atoms with E-state index in [-0.39, 0.29) is 11.8 Å². The maximum Gasteiger partial charge on any atom is 0.490 e. The first-order valence-corrected chi connectivity index (χ1v) is 11.6.